The monoisotopic (exact) mass is 179 g/mol. The molecule has 2 aliphatic heterocycles. The van der Waals surface area contributed by atoms with E-state index in [0.717, 1.165) is 6.42 Å². The summed E-state index contributed by atoms with van der Waals surface area (Å²) in [6.45, 7) is 4.78. The smallest absolute Gasteiger partial charge is 0.0346 e. The summed E-state index contributed by atoms with van der Waals surface area (Å²) in [5.74, 6) is 0. The van der Waals surface area contributed by atoms with Crippen molar-refractivity contribution in [2.24, 2.45) is 4.99 Å². The van der Waals surface area contributed by atoms with Gasteiger partial charge in [0.15, 0.2) is 0 Å². The molecule has 0 saturated carbocycles. The Morgan fingerprint density at radius 2 is 2.00 bits per heavy atom. The maximum atomic E-state index is 4.09. The second-order valence-corrected chi connectivity index (χ2v) is 3.82. The first-order valence-electron chi connectivity index (χ1n) is 4.97. The zero-order valence-electron chi connectivity index (χ0n) is 8.19. The van der Waals surface area contributed by atoms with Crippen molar-refractivity contribution in [1.29, 1.82) is 0 Å². The van der Waals surface area contributed by atoms with Crippen LogP contribution in [-0.2, 0) is 0 Å². The lowest BCUT2D eigenvalue weighted by molar-refractivity contribution is 0.132. The van der Waals surface area contributed by atoms with E-state index in [-0.39, 0.29) is 0 Å². The highest BCUT2D eigenvalue weighted by molar-refractivity contribution is 5.60. The van der Waals surface area contributed by atoms with Crippen LogP contribution < -0.4 is 0 Å². The Hall–Kier alpha value is -0.670. The van der Waals surface area contributed by atoms with E-state index in [0.29, 0.717) is 6.04 Å². The molecule has 0 aliphatic carbocycles. The van der Waals surface area contributed by atoms with Crippen molar-refractivity contribution in [1.82, 2.24) is 9.80 Å². The van der Waals surface area contributed by atoms with E-state index < -0.39 is 0 Å². The van der Waals surface area contributed by atoms with Gasteiger partial charge in [-0.25, -0.2) is 0 Å². The highest BCUT2D eigenvalue weighted by atomic mass is 15.3. The topological polar surface area (TPSA) is 18.8 Å². The quantitative estimate of drug-likeness (QED) is 0.586. The molecule has 0 bridgehead atoms. The van der Waals surface area contributed by atoms with Gasteiger partial charge in [0, 0.05) is 51.1 Å². The highest BCUT2D eigenvalue weighted by Gasteiger charge is 2.20. The molecule has 1 unspecified atom stereocenters. The molecule has 0 spiro atoms. The fourth-order valence-electron chi connectivity index (χ4n) is 1.88. The van der Waals surface area contributed by atoms with E-state index in [4.69, 9.17) is 0 Å². The first-order valence-corrected chi connectivity index (χ1v) is 4.97. The maximum Gasteiger partial charge on any atom is 0.0346 e. The molecule has 0 aromatic heterocycles. The molecule has 3 heteroatoms. The van der Waals surface area contributed by atoms with Crippen LogP contribution in [0.1, 0.15) is 6.42 Å². The molecule has 1 saturated heterocycles. The molecule has 0 aromatic carbocycles. The van der Waals surface area contributed by atoms with Crippen LogP contribution in [-0.4, -0.2) is 55.3 Å². The highest BCUT2D eigenvalue weighted by Crippen LogP contribution is 2.11. The number of piperazine rings is 1. The average Bonchev–Trinajstić information content (AvgIpc) is 2.20. The summed E-state index contributed by atoms with van der Waals surface area (Å²) < 4.78 is 0. The van der Waals surface area contributed by atoms with Crippen LogP contribution in [0.3, 0.4) is 0 Å². The third-order valence-corrected chi connectivity index (χ3v) is 2.85. The van der Waals surface area contributed by atoms with Gasteiger partial charge in [-0.15, -0.1) is 0 Å². The SMILES string of the molecule is CN1CCN(C2C=CN=CC2)CC1. The summed E-state index contributed by atoms with van der Waals surface area (Å²) in [6, 6.07) is 0.603. The van der Waals surface area contributed by atoms with Crippen LogP contribution in [0, 0.1) is 0 Å². The minimum absolute atomic E-state index is 0.603. The van der Waals surface area contributed by atoms with Gasteiger partial charge in [-0.3, -0.25) is 9.89 Å². The Labute approximate surface area is 79.7 Å². The number of likely N-dealkylation sites (N-methyl/N-ethyl adjacent to an activating group) is 1. The lowest BCUT2D eigenvalue weighted by atomic mass is 10.1. The van der Waals surface area contributed by atoms with E-state index in [2.05, 4.69) is 27.9 Å². The number of rotatable bonds is 1. The van der Waals surface area contributed by atoms with Crippen LogP contribution in [0.5, 0.6) is 0 Å². The molecule has 2 heterocycles. The lowest BCUT2D eigenvalue weighted by Crippen LogP contribution is -2.48. The van der Waals surface area contributed by atoms with Gasteiger partial charge in [0.2, 0.25) is 0 Å². The van der Waals surface area contributed by atoms with Gasteiger partial charge in [-0.1, -0.05) is 0 Å². The standard InChI is InChI=1S/C10H17N3/c1-12-6-8-13(9-7-12)10-2-4-11-5-3-10/h2,4-5,10H,3,6-9H2,1H3. The molecule has 13 heavy (non-hydrogen) atoms. The summed E-state index contributed by atoms with van der Waals surface area (Å²) >= 11 is 0. The minimum Gasteiger partial charge on any atom is -0.304 e. The van der Waals surface area contributed by atoms with Gasteiger partial charge in [-0.05, 0) is 13.1 Å². The van der Waals surface area contributed by atoms with E-state index in [1.807, 2.05) is 12.4 Å². The van der Waals surface area contributed by atoms with Crippen LogP contribution in [0.15, 0.2) is 17.3 Å². The van der Waals surface area contributed by atoms with Crippen molar-refractivity contribution in [2.75, 3.05) is 33.2 Å². The Morgan fingerprint density at radius 1 is 1.23 bits per heavy atom. The van der Waals surface area contributed by atoms with Gasteiger partial charge >= 0.3 is 0 Å². The summed E-state index contributed by atoms with van der Waals surface area (Å²) in [6.07, 6.45) is 7.24. The van der Waals surface area contributed by atoms with Crippen molar-refractivity contribution >= 4 is 6.21 Å². The van der Waals surface area contributed by atoms with Crippen LogP contribution >= 0.6 is 0 Å². The summed E-state index contributed by atoms with van der Waals surface area (Å²) in [4.78, 5) is 9.02. The van der Waals surface area contributed by atoms with Gasteiger partial charge < -0.3 is 4.90 Å². The summed E-state index contributed by atoms with van der Waals surface area (Å²) in [5, 5.41) is 0. The van der Waals surface area contributed by atoms with Gasteiger partial charge in [-0.2, -0.15) is 0 Å². The fraction of sp³-hybridized carbons (Fsp3) is 0.700. The molecule has 0 amide bonds. The molecule has 0 radical (unpaired) electrons. The Balaban J connectivity index is 1.87. The predicted molar refractivity (Wildman–Crippen MR) is 55.1 cm³/mol. The number of hydrogen-bond acceptors (Lipinski definition) is 3. The van der Waals surface area contributed by atoms with E-state index in [9.17, 15) is 0 Å². The fourth-order valence-corrected chi connectivity index (χ4v) is 1.88. The van der Waals surface area contributed by atoms with Crippen molar-refractivity contribution in [3.63, 3.8) is 0 Å². The largest absolute Gasteiger partial charge is 0.304 e. The molecule has 3 nitrogen and oxygen atoms in total. The van der Waals surface area contributed by atoms with E-state index in [1.165, 1.54) is 26.2 Å². The van der Waals surface area contributed by atoms with E-state index >= 15 is 0 Å². The number of hydrogen-bond donors (Lipinski definition) is 0. The third-order valence-electron chi connectivity index (χ3n) is 2.85. The second-order valence-electron chi connectivity index (χ2n) is 3.82. The average molecular weight is 179 g/mol. The molecular formula is C10H17N3. The zero-order chi connectivity index (χ0) is 9.10. The first-order chi connectivity index (χ1) is 6.36. The molecular weight excluding hydrogens is 162 g/mol. The molecule has 2 rings (SSSR count). The second kappa shape index (κ2) is 4.03. The van der Waals surface area contributed by atoms with Gasteiger partial charge in [0.1, 0.15) is 0 Å². The summed E-state index contributed by atoms with van der Waals surface area (Å²) in [5.41, 5.74) is 0. The van der Waals surface area contributed by atoms with Crippen molar-refractivity contribution in [2.45, 2.75) is 12.5 Å². The van der Waals surface area contributed by atoms with Gasteiger partial charge in [0.25, 0.3) is 0 Å². The predicted octanol–water partition coefficient (Wildman–Crippen LogP) is 0.591. The van der Waals surface area contributed by atoms with Crippen LogP contribution in [0.25, 0.3) is 0 Å². The molecule has 1 atom stereocenters. The molecule has 72 valence electrons. The first kappa shape index (κ1) is 8.91. The molecule has 0 N–H and O–H groups in total. The Bertz CT molecular complexity index is 214. The third kappa shape index (κ3) is 2.17. The van der Waals surface area contributed by atoms with Crippen molar-refractivity contribution in [3.05, 3.63) is 12.3 Å². The van der Waals surface area contributed by atoms with E-state index in [1.54, 1.807) is 0 Å². The minimum atomic E-state index is 0.603. The molecule has 2 aliphatic rings. The van der Waals surface area contributed by atoms with Crippen molar-refractivity contribution < 1.29 is 0 Å². The van der Waals surface area contributed by atoms with Crippen LogP contribution in [0.2, 0.25) is 0 Å². The Kier molecular flexibility index (Phi) is 2.76. The molecule has 1 fully saturated rings. The normalized spacial score (nSPS) is 31.0. The van der Waals surface area contributed by atoms with Crippen LogP contribution in [0.4, 0.5) is 0 Å². The Morgan fingerprint density at radius 3 is 2.62 bits per heavy atom. The zero-order valence-corrected chi connectivity index (χ0v) is 8.19. The van der Waals surface area contributed by atoms with Gasteiger partial charge in [0.05, 0.1) is 0 Å². The lowest BCUT2D eigenvalue weighted by Gasteiger charge is -2.36. The maximum absolute atomic E-state index is 4.09. The van der Waals surface area contributed by atoms with Crippen molar-refractivity contribution in [3.8, 4) is 0 Å². The number of aliphatic imine (C=N–C) groups is 1. The number of nitrogens with zero attached hydrogens (tertiary/aromatic N) is 3. The summed E-state index contributed by atoms with van der Waals surface area (Å²) in [7, 11) is 2.19. The molecule has 0 aromatic rings.